The first-order valence-corrected chi connectivity index (χ1v) is 11.9. The first-order valence-electron chi connectivity index (χ1n) is 11.9. The van der Waals surface area contributed by atoms with Gasteiger partial charge in [-0.25, -0.2) is 0 Å². The summed E-state index contributed by atoms with van der Waals surface area (Å²) in [4.78, 5) is 0. The van der Waals surface area contributed by atoms with Gasteiger partial charge in [0.15, 0.2) is 0 Å². The van der Waals surface area contributed by atoms with Crippen LogP contribution < -0.4 is 0 Å². The van der Waals surface area contributed by atoms with E-state index in [-0.39, 0.29) is 0 Å². The predicted molar refractivity (Wildman–Crippen MR) is 119 cm³/mol. The van der Waals surface area contributed by atoms with E-state index in [4.69, 9.17) is 4.42 Å². The fourth-order valence-corrected chi connectivity index (χ4v) is 3.72. The van der Waals surface area contributed by atoms with Crippen molar-refractivity contribution < 1.29 is 8.90 Å². The molecule has 0 spiro atoms. The zero-order valence-corrected chi connectivity index (χ0v) is 19.0. The van der Waals surface area contributed by atoms with E-state index in [1.54, 1.807) is 0 Å². The number of furan rings is 1. The maximum Gasteiger partial charge on any atom is 0.104 e. The smallest absolute Gasteiger partial charge is 0.104 e. The summed E-state index contributed by atoms with van der Waals surface area (Å²) in [7, 11) is 6.87. The average Bonchev–Trinajstić information content (AvgIpc) is 3.06. The Bertz CT molecular complexity index is 443. The van der Waals surface area contributed by atoms with Gasteiger partial charge in [-0.3, -0.25) is 0 Å². The first kappa shape index (κ1) is 24.3. The van der Waals surface area contributed by atoms with Crippen molar-refractivity contribution in [3.8, 4) is 0 Å². The normalized spacial score (nSPS) is 12.0. The van der Waals surface area contributed by atoms with Crippen LogP contribution in [0.15, 0.2) is 16.5 Å². The minimum absolute atomic E-state index is 1.11. The van der Waals surface area contributed by atoms with Gasteiger partial charge in [-0.2, -0.15) is 0 Å². The molecule has 0 aliphatic heterocycles. The zero-order valence-electron chi connectivity index (χ0n) is 19.0. The second-order valence-electron chi connectivity index (χ2n) is 9.48. The van der Waals surface area contributed by atoms with Crippen molar-refractivity contribution in [3.05, 3.63) is 23.7 Å². The number of hydrogen-bond acceptors (Lipinski definition) is 1. The molecule has 0 N–H and O–H groups in total. The molecule has 0 saturated heterocycles. The molecule has 0 bridgehead atoms. The van der Waals surface area contributed by atoms with Gasteiger partial charge >= 0.3 is 0 Å². The lowest BCUT2D eigenvalue weighted by molar-refractivity contribution is -0.870. The third-order valence-electron chi connectivity index (χ3n) is 5.50. The summed E-state index contributed by atoms with van der Waals surface area (Å²) in [5.74, 6) is 2.40. The largest absolute Gasteiger partial charge is 0.466 e. The van der Waals surface area contributed by atoms with Crippen LogP contribution >= 0.6 is 0 Å². The van der Waals surface area contributed by atoms with Gasteiger partial charge in [-0.05, 0) is 37.8 Å². The highest BCUT2D eigenvalue weighted by Crippen LogP contribution is 2.16. The monoisotopic (exact) mass is 378 g/mol. The van der Waals surface area contributed by atoms with Crippen LogP contribution in [0.2, 0.25) is 0 Å². The molecule has 0 aliphatic rings. The van der Waals surface area contributed by atoms with E-state index in [2.05, 4.69) is 40.2 Å². The number of quaternary nitrogens is 1. The Labute approximate surface area is 170 Å². The van der Waals surface area contributed by atoms with Crippen molar-refractivity contribution in [2.75, 3.05) is 27.7 Å². The van der Waals surface area contributed by atoms with Gasteiger partial charge < -0.3 is 8.90 Å². The summed E-state index contributed by atoms with van der Waals surface area (Å²) < 4.78 is 7.08. The van der Waals surface area contributed by atoms with E-state index in [0.717, 1.165) is 17.3 Å². The van der Waals surface area contributed by atoms with E-state index in [0.29, 0.717) is 0 Å². The summed E-state index contributed by atoms with van der Waals surface area (Å²) in [5, 5.41) is 0. The summed E-state index contributed by atoms with van der Waals surface area (Å²) in [5.41, 5.74) is 0. The van der Waals surface area contributed by atoms with Crippen molar-refractivity contribution in [2.24, 2.45) is 0 Å². The SMILES string of the molecule is CCCCCCc1ccc(CCCCCCCCCCCC[N+](C)(C)C)o1. The average molecular weight is 379 g/mol. The minimum Gasteiger partial charge on any atom is -0.466 e. The van der Waals surface area contributed by atoms with E-state index in [1.807, 2.05) is 0 Å². The van der Waals surface area contributed by atoms with Crippen LogP contribution in [0.5, 0.6) is 0 Å². The molecule has 27 heavy (non-hydrogen) atoms. The summed E-state index contributed by atoms with van der Waals surface area (Å²) >= 11 is 0. The summed E-state index contributed by atoms with van der Waals surface area (Å²) in [6.45, 7) is 3.58. The van der Waals surface area contributed by atoms with Crippen LogP contribution in [0.1, 0.15) is 108 Å². The van der Waals surface area contributed by atoms with Gasteiger partial charge in [0.05, 0.1) is 27.7 Å². The third-order valence-corrected chi connectivity index (χ3v) is 5.50. The summed E-state index contributed by atoms with van der Waals surface area (Å²) in [6.07, 6.45) is 21.5. The predicted octanol–water partition coefficient (Wildman–Crippen LogP) is 7.55. The Kier molecular flexibility index (Phi) is 13.7. The maximum absolute atomic E-state index is 5.98. The van der Waals surface area contributed by atoms with E-state index in [9.17, 15) is 0 Å². The van der Waals surface area contributed by atoms with Crippen LogP contribution in [-0.4, -0.2) is 32.2 Å². The number of aryl methyl sites for hydroxylation is 2. The Morgan fingerprint density at radius 2 is 1.00 bits per heavy atom. The minimum atomic E-state index is 1.11. The molecule has 0 aromatic carbocycles. The highest BCUT2D eigenvalue weighted by molar-refractivity contribution is 5.07. The molecule has 2 heteroatoms. The van der Waals surface area contributed by atoms with Gasteiger partial charge in [0.25, 0.3) is 0 Å². The molecular weight excluding hydrogens is 330 g/mol. The van der Waals surface area contributed by atoms with Crippen molar-refractivity contribution in [3.63, 3.8) is 0 Å². The molecule has 0 unspecified atom stereocenters. The fraction of sp³-hybridized carbons (Fsp3) is 0.840. The number of unbranched alkanes of at least 4 members (excludes halogenated alkanes) is 12. The van der Waals surface area contributed by atoms with Crippen molar-refractivity contribution in [1.29, 1.82) is 0 Å². The van der Waals surface area contributed by atoms with Gasteiger partial charge in [-0.1, -0.05) is 71.1 Å². The standard InChI is InChI=1S/C25H48NO/c1-5-6-7-16-19-24-21-22-25(27-24)20-17-14-12-10-8-9-11-13-15-18-23-26(2,3)4/h21-22H,5-20,23H2,1-4H3/q+1. The Balaban J connectivity index is 1.87. The van der Waals surface area contributed by atoms with Crippen LogP contribution in [0.25, 0.3) is 0 Å². The van der Waals surface area contributed by atoms with Crippen molar-refractivity contribution in [2.45, 2.75) is 110 Å². The van der Waals surface area contributed by atoms with Crippen LogP contribution in [0, 0.1) is 0 Å². The van der Waals surface area contributed by atoms with Crippen LogP contribution in [0.4, 0.5) is 0 Å². The molecular formula is C25H48NO+. The van der Waals surface area contributed by atoms with E-state index in [1.165, 1.54) is 108 Å². The summed E-state index contributed by atoms with van der Waals surface area (Å²) in [6, 6.07) is 4.40. The molecule has 158 valence electrons. The zero-order chi connectivity index (χ0) is 19.8. The molecule has 1 aromatic heterocycles. The molecule has 0 atom stereocenters. The van der Waals surface area contributed by atoms with Crippen molar-refractivity contribution in [1.82, 2.24) is 0 Å². The molecule has 0 aliphatic carbocycles. The third kappa shape index (κ3) is 14.9. The molecule has 0 radical (unpaired) electrons. The Hall–Kier alpha value is -0.760. The molecule has 2 nitrogen and oxygen atoms in total. The van der Waals surface area contributed by atoms with Gasteiger partial charge in [0.2, 0.25) is 0 Å². The van der Waals surface area contributed by atoms with E-state index >= 15 is 0 Å². The highest BCUT2D eigenvalue weighted by atomic mass is 16.3. The Morgan fingerprint density at radius 3 is 1.44 bits per heavy atom. The molecule has 1 aromatic rings. The fourth-order valence-electron chi connectivity index (χ4n) is 3.72. The van der Waals surface area contributed by atoms with Gasteiger partial charge in [0, 0.05) is 12.8 Å². The quantitative estimate of drug-likeness (QED) is 0.190. The molecule has 0 fully saturated rings. The molecule has 0 saturated carbocycles. The lowest BCUT2D eigenvalue weighted by atomic mass is 10.1. The number of hydrogen-bond donors (Lipinski definition) is 0. The Morgan fingerprint density at radius 1 is 0.593 bits per heavy atom. The molecule has 1 rings (SSSR count). The second kappa shape index (κ2) is 15.2. The van der Waals surface area contributed by atoms with Crippen LogP contribution in [-0.2, 0) is 12.8 Å². The highest BCUT2D eigenvalue weighted by Gasteiger charge is 2.05. The number of rotatable bonds is 18. The lowest BCUT2D eigenvalue weighted by Gasteiger charge is -2.23. The van der Waals surface area contributed by atoms with Gasteiger partial charge in [-0.15, -0.1) is 0 Å². The molecule has 0 amide bonds. The topological polar surface area (TPSA) is 13.1 Å². The van der Waals surface area contributed by atoms with E-state index < -0.39 is 0 Å². The molecule has 1 heterocycles. The second-order valence-corrected chi connectivity index (χ2v) is 9.48. The number of nitrogens with zero attached hydrogens (tertiary/aromatic N) is 1. The lowest BCUT2D eigenvalue weighted by Crippen LogP contribution is -2.35. The maximum atomic E-state index is 5.98. The van der Waals surface area contributed by atoms with Gasteiger partial charge in [0.1, 0.15) is 11.5 Å². The first-order chi connectivity index (χ1) is 13.0. The van der Waals surface area contributed by atoms with Crippen molar-refractivity contribution >= 4 is 0 Å². The van der Waals surface area contributed by atoms with Crippen LogP contribution in [0.3, 0.4) is 0 Å².